The number of aliphatic hydroxyl groups excluding tert-OH is 2. The van der Waals surface area contributed by atoms with Crippen LogP contribution in [0.5, 0.6) is 11.5 Å². The van der Waals surface area contributed by atoms with E-state index in [4.69, 9.17) is 4.74 Å². The number of phenolic OH excluding ortho intramolecular Hbond substituents is 1. The summed E-state index contributed by atoms with van der Waals surface area (Å²) in [6, 6.07) is 3.63. The van der Waals surface area contributed by atoms with Gasteiger partial charge in [-0.05, 0) is 38.5 Å². The molecular weight excluding hydrogens is 314 g/mol. The number of hydrogen-bond donors (Lipinski definition) is 3. The van der Waals surface area contributed by atoms with E-state index in [1.54, 1.807) is 13.0 Å². The van der Waals surface area contributed by atoms with E-state index in [-0.39, 0.29) is 23.6 Å². The van der Waals surface area contributed by atoms with Gasteiger partial charge in [-0.1, -0.05) is 6.07 Å². The molecule has 0 unspecified atom stereocenters. The molecule has 1 aromatic rings. The quantitative estimate of drug-likeness (QED) is 0.726. The Balaban J connectivity index is 2.55. The molecule has 0 radical (unpaired) electrons. The molecule has 1 aliphatic heterocycles. The summed E-state index contributed by atoms with van der Waals surface area (Å²) < 4.78 is 5.34. The van der Waals surface area contributed by atoms with Gasteiger partial charge in [-0.15, -0.1) is 0 Å². The molecule has 0 aliphatic carbocycles. The van der Waals surface area contributed by atoms with Crippen LogP contribution in [0.4, 0.5) is 0 Å². The van der Waals surface area contributed by atoms with Crippen molar-refractivity contribution in [2.45, 2.75) is 32.9 Å². The summed E-state index contributed by atoms with van der Waals surface area (Å²) >= 11 is 0. The molecule has 0 spiro atoms. The topological polar surface area (TPSA) is 107 Å². The Morgan fingerprint density at radius 2 is 2.04 bits per heavy atom. The van der Waals surface area contributed by atoms with E-state index in [2.05, 4.69) is 0 Å². The Kier molecular flexibility index (Phi) is 5.14. The first-order valence-corrected chi connectivity index (χ1v) is 7.66. The molecule has 0 fully saturated rings. The van der Waals surface area contributed by atoms with Crippen LogP contribution < -0.4 is 4.74 Å². The summed E-state index contributed by atoms with van der Waals surface area (Å²) in [5.74, 6) is -1.61. The number of rotatable bonds is 6. The van der Waals surface area contributed by atoms with Gasteiger partial charge in [0.05, 0.1) is 24.3 Å². The second-order valence-electron chi connectivity index (χ2n) is 5.69. The Morgan fingerprint density at radius 1 is 1.38 bits per heavy atom. The predicted molar refractivity (Wildman–Crippen MR) is 85.7 cm³/mol. The van der Waals surface area contributed by atoms with Gasteiger partial charge < -0.3 is 25.0 Å². The second kappa shape index (κ2) is 6.92. The number of Topliss-reactive ketones (excluding diaryl/α,β-unsaturated/α-hetero) is 1. The summed E-state index contributed by atoms with van der Waals surface area (Å²) in [5.41, 5.74) is 0.466. The Hall–Kier alpha value is -2.54. The molecule has 0 saturated heterocycles. The zero-order valence-electron chi connectivity index (χ0n) is 13.8. The number of benzene rings is 1. The molecule has 130 valence electrons. The molecule has 3 N–H and O–H groups in total. The van der Waals surface area contributed by atoms with Crippen LogP contribution in [0.1, 0.15) is 32.4 Å². The van der Waals surface area contributed by atoms with Crippen LogP contribution in [0.15, 0.2) is 29.5 Å². The van der Waals surface area contributed by atoms with Crippen LogP contribution in [-0.2, 0) is 9.59 Å². The highest BCUT2D eigenvalue weighted by Crippen LogP contribution is 2.40. The number of ketones is 1. The van der Waals surface area contributed by atoms with Gasteiger partial charge in [0, 0.05) is 6.54 Å². The lowest BCUT2D eigenvalue weighted by atomic mass is 9.96. The van der Waals surface area contributed by atoms with Crippen LogP contribution in [0.3, 0.4) is 0 Å². The van der Waals surface area contributed by atoms with Crippen LogP contribution >= 0.6 is 0 Å². The average Bonchev–Trinajstić information content (AvgIpc) is 2.74. The fourth-order valence-electron chi connectivity index (χ4n) is 2.80. The first-order valence-electron chi connectivity index (χ1n) is 7.66. The molecule has 24 heavy (non-hydrogen) atoms. The van der Waals surface area contributed by atoms with E-state index in [0.29, 0.717) is 12.2 Å². The number of carbonyl (C=O) groups excluding carboxylic acids is 2. The summed E-state index contributed by atoms with van der Waals surface area (Å²) in [7, 11) is 0. The molecule has 2 atom stereocenters. The fraction of sp³-hybridized carbons (Fsp3) is 0.412. The third kappa shape index (κ3) is 3.21. The van der Waals surface area contributed by atoms with Crippen molar-refractivity contribution in [1.29, 1.82) is 0 Å². The van der Waals surface area contributed by atoms with Gasteiger partial charge >= 0.3 is 0 Å². The zero-order chi connectivity index (χ0) is 18.0. The van der Waals surface area contributed by atoms with Gasteiger partial charge in [0.1, 0.15) is 0 Å². The molecule has 7 heteroatoms. The highest BCUT2D eigenvalue weighted by atomic mass is 16.5. The lowest BCUT2D eigenvalue weighted by molar-refractivity contribution is -0.130. The molecule has 0 saturated carbocycles. The number of carbonyl (C=O) groups is 2. The second-order valence-corrected chi connectivity index (χ2v) is 5.69. The number of aromatic hydroxyl groups is 1. The highest BCUT2D eigenvalue weighted by molar-refractivity contribution is 6.08. The van der Waals surface area contributed by atoms with E-state index < -0.39 is 29.6 Å². The number of phenols is 1. The summed E-state index contributed by atoms with van der Waals surface area (Å²) in [4.78, 5) is 25.5. The van der Waals surface area contributed by atoms with Crippen molar-refractivity contribution in [3.8, 4) is 11.5 Å². The third-order valence-corrected chi connectivity index (χ3v) is 3.74. The maximum absolute atomic E-state index is 12.3. The van der Waals surface area contributed by atoms with E-state index in [1.807, 2.05) is 0 Å². The maximum Gasteiger partial charge on any atom is 0.290 e. The minimum atomic E-state index is -0.843. The SMILES string of the molecule is CCOc1cc([C@H]2C(C(C)=O)=C(O)C(=O)N2C[C@H](C)O)ccc1O. The first kappa shape index (κ1) is 17.8. The highest BCUT2D eigenvalue weighted by Gasteiger charge is 2.42. The number of amides is 1. The summed E-state index contributed by atoms with van der Waals surface area (Å²) in [5, 5.41) is 29.5. The van der Waals surface area contributed by atoms with Gasteiger partial charge in [-0.3, -0.25) is 9.59 Å². The predicted octanol–water partition coefficient (Wildman–Crippen LogP) is 1.46. The van der Waals surface area contributed by atoms with Gasteiger partial charge in [-0.2, -0.15) is 0 Å². The van der Waals surface area contributed by atoms with Crippen molar-refractivity contribution < 1.29 is 29.6 Å². The minimum absolute atomic E-state index is 0.0335. The lowest BCUT2D eigenvalue weighted by Crippen LogP contribution is -2.36. The molecule has 1 aromatic carbocycles. The van der Waals surface area contributed by atoms with Gasteiger partial charge in [0.25, 0.3) is 5.91 Å². The molecule has 1 heterocycles. The van der Waals surface area contributed by atoms with E-state index in [0.717, 1.165) is 0 Å². The summed E-state index contributed by atoms with van der Waals surface area (Å²) in [6.07, 6.45) is -0.834. The molecule has 7 nitrogen and oxygen atoms in total. The normalized spacial score (nSPS) is 18.9. The van der Waals surface area contributed by atoms with Crippen LogP contribution in [-0.4, -0.2) is 51.2 Å². The molecule has 2 rings (SSSR count). The maximum atomic E-state index is 12.3. The molecule has 0 aromatic heterocycles. The first-order chi connectivity index (χ1) is 11.3. The molecular formula is C17H21NO6. The van der Waals surface area contributed by atoms with Crippen LogP contribution in [0, 0.1) is 0 Å². The van der Waals surface area contributed by atoms with Crippen molar-refractivity contribution >= 4 is 11.7 Å². The smallest absolute Gasteiger partial charge is 0.290 e. The Bertz CT molecular complexity index is 694. The van der Waals surface area contributed by atoms with E-state index >= 15 is 0 Å². The molecule has 1 amide bonds. The zero-order valence-corrected chi connectivity index (χ0v) is 13.8. The van der Waals surface area contributed by atoms with Crippen LogP contribution in [0.2, 0.25) is 0 Å². The summed E-state index contributed by atoms with van der Waals surface area (Å²) in [6.45, 7) is 4.82. The Morgan fingerprint density at radius 3 is 2.58 bits per heavy atom. The van der Waals surface area contributed by atoms with Crippen molar-refractivity contribution in [1.82, 2.24) is 4.90 Å². The Labute approximate surface area is 139 Å². The van der Waals surface area contributed by atoms with Crippen molar-refractivity contribution in [3.63, 3.8) is 0 Å². The monoisotopic (exact) mass is 335 g/mol. The van der Waals surface area contributed by atoms with Crippen molar-refractivity contribution in [3.05, 3.63) is 35.1 Å². The van der Waals surface area contributed by atoms with Crippen molar-refractivity contribution in [2.75, 3.05) is 13.2 Å². The van der Waals surface area contributed by atoms with Crippen molar-refractivity contribution in [2.24, 2.45) is 0 Å². The molecule has 1 aliphatic rings. The van der Waals surface area contributed by atoms with Crippen LogP contribution in [0.25, 0.3) is 0 Å². The number of aliphatic hydroxyl groups is 2. The third-order valence-electron chi connectivity index (χ3n) is 3.74. The minimum Gasteiger partial charge on any atom is -0.504 e. The average molecular weight is 335 g/mol. The van der Waals surface area contributed by atoms with Gasteiger partial charge in [-0.25, -0.2) is 0 Å². The van der Waals surface area contributed by atoms with E-state index in [1.165, 1.54) is 30.9 Å². The number of hydrogen-bond acceptors (Lipinski definition) is 6. The van der Waals surface area contributed by atoms with E-state index in [9.17, 15) is 24.9 Å². The van der Waals surface area contributed by atoms with Gasteiger partial charge in [0.2, 0.25) is 0 Å². The fourth-order valence-corrected chi connectivity index (χ4v) is 2.80. The largest absolute Gasteiger partial charge is 0.504 e. The number of ether oxygens (including phenoxy) is 1. The number of β-amino-alcohol motifs (C(OH)–C–C–N with tert-alkyl or cyclic N) is 1. The molecule has 0 bridgehead atoms. The number of nitrogens with zero attached hydrogens (tertiary/aromatic N) is 1. The standard InChI is InChI=1S/C17H21NO6/c1-4-24-13-7-11(5-6-12(13)21)15-14(10(3)20)16(22)17(23)18(15)8-9(2)19/h5-7,9,15,19,21-22H,4,8H2,1-3H3/t9-,15-/m0/s1. The van der Waals surface area contributed by atoms with Gasteiger partial charge in [0.15, 0.2) is 23.0 Å². The lowest BCUT2D eigenvalue weighted by Gasteiger charge is -2.28.